The third kappa shape index (κ3) is 2.38. The first-order valence-corrected chi connectivity index (χ1v) is 14.3. The predicted molar refractivity (Wildman–Crippen MR) is 152 cm³/mol. The quantitative estimate of drug-likeness (QED) is 0.272. The highest BCUT2D eigenvalue weighted by Gasteiger charge is 2.55. The molecule has 0 saturated heterocycles. The first kappa shape index (κ1) is 19.8. The average molecular weight is 475 g/mol. The second kappa shape index (κ2) is 7.26. The summed E-state index contributed by atoms with van der Waals surface area (Å²) in [7, 11) is -2.73. The van der Waals surface area contributed by atoms with Crippen LogP contribution in [0.2, 0.25) is 0 Å². The molecule has 3 heteroatoms. The SMILES string of the molecule is c1ccc([Si]23c4ccccc4-c4cnccc4N2c2c(ccc4ccccc24)-c2ccccc23)cc1. The summed E-state index contributed by atoms with van der Waals surface area (Å²) in [6.07, 6.45) is 3.99. The second-order valence-electron chi connectivity index (χ2n) is 9.58. The van der Waals surface area contributed by atoms with E-state index in [0.717, 1.165) is 0 Å². The van der Waals surface area contributed by atoms with Gasteiger partial charge in [-0.15, -0.1) is 0 Å². The van der Waals surface area contributed by atoms with Gasteiger partial charge < -0.3 is 4.57 Å². The van der Waals surface area contributed by atoms with Crippen LogP contribution in [-0.2, 0) is 0 Å². The molecule has 0 radical (unpaired) electrons. The van der Waals surface area contributed by atoms with Gasteiger partial charge in [0.1, 0.15) is 0 Å². The van der Waals surface area contributed by atoms with Crippen LogP contribution in [-0.4, -0.2) is 13.2 Å². The predicted octanol–water partition coefficient (Wildman–Crippen LogP) is 6.00. The highest BCUT2D eigenvalue weighted by atomic mass is 28.3. The Hall–Kier alpha value is -4.47. The normalized spacial score (nSPS) is 16.9. The van der Waals surface area contributed by atoms with Crippen LogP contribution in [0.1, 0.15) is 0 Å². The maximum atomic E-state index is 4.58. The van der Waals surface area contributed by atoms with Gasteiger partial charge in [-0.3, -0.25) is 4.98 Å². The molecule has 1 unspecified atom stereocenters. The van der Waals surface area contributed by atoms with Crippen LogP contribution in [0.25, 0.3) is 33.0 Å². The third-order valence-electron chi connectivity index (χ3n) is 7.90. The van der Waals surface area contributed by atoms with E-state index in [-0.39, 0.29) is 0 Å². The molecule has 8 rings (SSSR count). The summed E-state index contributed by atoms with van der Waals surface area (Å²) in [6.45, 7) is 0. The van der Waals surface area contributed by atoms with Crippen LogP contribution in [0.4, 0.5) is 11.4 Å². The van der Waals surface area contributed by atoms with E-state index < -0.39 is 8.24 Å². The Morgan fingerprint density at radius 1 is 0.528 bits per heavy atom. The van der Waals surface area contributed by atoms with Crippen molar-refractivity contribution in [1.82, 2.24) is 4.98 Å². The molecule has 0 aliphatic carbocycles. The number of hydrogen-bond donors (Lipinski definition) is 0. The molecule has 2 nitrogen and oxygen atoms in total. The highest BCUT2D eigenvalue weighted by molar-refractivity contribution is 7.16. The first-order chi connectivity index (χ1) is 17.9. The smallest absolute Gasteiger partial charge is 0.258 e. The summed E-state index contributed by atoms with van der Waals surface area (Å²) in [5.41, 5.74) is 7.69. The van der Waals surface area contributed by atoms with E-state index in [2.05, 4.69) is 131 Å². The zero-order chi connectivity index (χ0) is 23.7. The Labute approximate surface area is 211 Å². The summed E-state index contributed by atoms with van der Waals surface area (Å²) in [4.78, 5) is 4.58. The van der Waals surface area contributed by atoms with Crippen molar-refractivity contribution < 1.29 is 0 Å². The molecule has 0 fully saturated rings. The Morgan fingerprint density at radius 3 is 2.00 bits per heavy atom. The number of nitrogens with zero attached hydrogens (tertiary/aromatic N) is 2. The van der Waals surface area contributed by atoms with E-state index in [1.165, 1.54) is 60.0 Å². The van der Waals surface area contributed by atoms with Gasteiger partial charge >= 0.3 is 0 Å². The van der Waals surface area contributed by atoms with Crippen LogP contribution in [0, 0.1) is 0 Å². The van der Waals surface area contributed by atoms with Crippen molar-refractivity contribution in [2.24, 2.45) is 0 Å². The second-order valence-corrected chi connectivity index (χ2v) is 13.1. The van der Waals surface area contributed by atoms with Crippen molar-refractivity contribution in [3.8, 4) is 22.3 Å². The maximum Gasteiger partial charge on any atom is 0.258 e. The molecule has 1 atom stereocenters. The minimum atomic E-state index is -2.73. The number of aromatic nitrogens is 1. The fourth-order valence-electron chi connectivity index (χ4n) is 6.54. The van der Waals surface area contributed by atoms with Crippen LogP contribution >= 0.6 is 0 Å². The van der Waals surface area contributed by atoms with Crippen molar-refractivity contribution in [3.63, 3.8) is 0 Å². The zero-order valence-electron chi connectivity index (χ0n) is 19.6. The minimum Gasteiger partial charge on any atom is -0.355 e. The fraction of sp³-hybridized carbons (Fsp3) is 0. The third-order valence-corrected chi connectivity index (χ3v) is 12.6. The molecule has 0 amide bonds. The molecule has 0 bridgehead atoms. The maximum absolute atomic E-state index is 4.58. The lowest BCUT2D eigenvalue weighted by atomic mass is 9.96. The van der Waals surface area contributed by atoms with Gasteiger partial charge in [0, 0.05) is 40.3 Å². The van der Waals surface area contributed by atoms with Crippen LogP contribution in [0.3, 0.4) is 0 Å². The molecule has 36 heavy (non-hydrogen) atoms. The number of benzene rings is 5. The van der Waals surface area contributed by atoms with E-state index in [1.807, 2.05) is 12.4 Å². The number of fused-ring (bicyclic) bond motifs is 13. The van der Waals surface area contributed by atoms with Gasteiger partial charge in [0.05, 0.1) is 0 Å². The molecule has 2 aliphatic heterocycles. The van der Waals surface area contributed by atoms with E-state index in [4.69, 9.17) is 0 Å². The Kier molecular flexibility index (Phi) is 3.99. The van der Waals surface area contributed by atoms with E-state index in [1.54, 1.807) is 0 Å². The van der Waals surface area contributed by atoms with Crippen molar-refractivity contribution in [2.75, 3.05) is 4.57 Å². The molecule has 168 valence electrons. The molecule has 2 aliphatic rings. The van der Waals surface area contributed by atoms with Gasteiger partial charge in [-0.2, -0.15) is 0 Å². The zero-order valence-corrected chi connectivity index (χ0v) is 20.6. The summed E-state index contributed by atoms with van der Waals surface area (Å²) >= 11 is 0. The van der Waals surface area contributed by atoms with E-state index in [9.17, 15) is 0 Å². The largest absolute Gasteiger partial charge is 0.355 e. The monoisotopic (exact) mass is 474 g/mol. The Balaban J connectivity index is 1.66. The summed E-state index contributed by atoms with van der Waals surface area (Å²) in [5.74, 6) is 0. The van der Waals surface area contributed by atoms with Gasteiger partial charge in [0.2, 0.25) is 0 Å². The molecule has 5 aromatic carbocycles. The van der Waals surface area contributed by atoms with Gasteiger partial charge in [0.15, 0.2) is 0 Å². The van der Waals surface area contributed by atoms with Gasteiger partial charge in [-0.05, 0) is 38.1 Å². The van der Waals surface area contributed by atoms with Crippen molar-refractivity contribution in [3.05, 3.63) is 134 Å². The van der Waals surface area contributed by atoms with Crippen LogP contribution in [0.15, 0.2) is 134 Å². The summed E-state index contributed by atoms with van der Waals surface area (Å²) < 4.78 is 2.74. The lowest BCUT2D eigenvalue weighted by Crippen LogP contribution is -2.79. The van der Waals surface area contributed by atoms with E-state index >= 15 is 0 Å². The molecular formula is C33H22N2Si. The molecule has 1 aromatic heterocycles. The van der Waals surface area contributed by atoms with E-state index in [0.29, 0.717) is 0 Å². The first-order valence-electron chi connectivity index (χ1n) is 12.4. The van der Waals surface area contributed by atoms with Gasteiger partial charge in [0.25, 0.3) is 8.24 Å². The van der Waals surface area contributed by atoms with Crippen molar-refractivity contribution in [2.45, 2.75) is 0 Å². The number of hydrogen-bond acceptors (Lipinski definition) is 2. The molecule has 0 N–H and O–H groups in total. The fourth-order valence-corrected chi connectivity index (χ4v) is 11.9. The summed E-state index contributed by atoms with van der Waals surface area (Å²) in [6, 6.07) is 45.0. The Bertz CT molecular complexity index is 1810. The van der Waals surface area contributed by atoms with Gasteiger partial charge in [-0.1, -0.05) is 115 Å². The molecule has 0 spiro atoms. The molecule has 0 saturated carbocycles. The molecular weight excluding hydrogens is 452 g/mol. The lowest BCUT2D eigenvalue weighted by Gasteiger charge is -2.52. The molecule has 6 aromatic rings. The Morgan fingerprint density at radius 2 is 1.19 bits per heavy atom. The number of anilines is 2. The number of rotatable bonds is 1. The lowest BCUT2D eigenvalue weighted by molar-refractivity contribution is 1.27. The van der Waals surface area contributed by atoms with Gasteiger partial charge in [-0.25, -0.2) is 0 Å². The van der Waals surface area contributed by atoms with Crippen molar-refractivity contribution >= 4 is 45.9 Å². The van der Waals surface area contributed by atoms with Crippen LogP contribution < -0.4 is 20.1 Å². The molecule has 3 heterocycles. The van der Waals surface area contributed by atoms with Crippen LogP contribution in [0.5, 0.6) is 0 Å². The average Bonchev–Trinajstić information content (AvgIpc) is 2.97. The summed E-state index contributed by atoms with van der Waals surface area (Å²) in [5, 5.41) is 6.81. The number of pyridine rings is 1. The van der Waals surface area contributed by atoms with Crippen molar-refractivity contribution in [1.29, 1.82) is 0 Å². The highest BCUT2D eigenvalue weighted by Crippen LogP contribution is 2.51. The standard InChI is InChI=1S/C33H22N2Si/c1-2-11-24(12-3-1)36-31-16-8-6-14-26(31)28-19-18-23-10-4-5-13-25(23)33(28)35(36)30-20-21-34-22-29(30)27-15-7-9-17-32(27)36/h1-22H. The minimum absolute atomic E-state index is 1.20. The topological polar surface area (TPSA) is 16.1 Å².